The number of carbonyl (C=O) groups excluding carboxylic acids is 1. The molecule has 4 rings (SSSR count). The molecule has 5 nitrogen and oxygen atoms in total. The molecule has 126 valence electrons. The van der Waals surface area contributed by atoms with Gasteiger partial charge in [0.05, 0.1) is 25.8 Å². The van der Waals surface area contributed by atoms with E-state index in [2.05, 4.69) is 28.7 Å². The number of pyridine rings is 1. The molecule has 24 heavy (non-hydrogen) atoms. The summed E-state index contributed by atoms with van der Waals surface area (Å²) in [7, 11) is 0. The third-order valence-corrected chi connectivity index (χ3v) is 5.07. The maximum Gasteiger partial charge on any atom is 0.226 e. The van der Waals surface area contributed by atoms with Crippen molar-refractivity contribution in [3.05, 3.63) is 54.1 Å². The Labute approximate surface area is 142 Å². The largest absolute Gasteiger partial charge is 0.370 e. The average Bonchev–Trinajstić information content (AvgIpc) is 3.23. The van der Waals surface area contributed by atoms with E-state index in [4.69, 9.17) is 4.74 Å². The second kappa shape index (κ2) is 6.40. The standard InChI is InChI=1S/C19H23N3O2/c1-14-9-18(14)19(23)22-10-16-3-2-8-21(16)11-17(12-22)24-13-15-4-6-20-7-5-15/h2-8,14,17-18H,9-13H2,1H3/t14-,17-,18-/m1/s1. The van der Waals surface area contributed by atoms with Crippen LogP contribution in [0.2, 0.25) is 0 Å². The number of ether oxygens (including phenoxy) is 1. The van der Waals surface area contributed by atoms with Crippen LogP contribution in [-0.2, 0) is 29.2 Å². The molecule has 1 aliphatic carbocycles. The summed E-state index contributed by atoms with van der Waals surface area (Å²) < 4.78 is 8.35. The lowest BCUT2D eigenvalue weighted by Crippen LogP contribution is -2.38. The summed E-state index contributed by atoms with van der Waals surface area (Å²) in [5.74, 6) is 1.03. The molecule has 3 atom stereocenters. The van der Waals surface area contributed by atoms with Gasteiger partial charge in [0.2, 0.25) is 5.91 Å². The number of amides is 1. The molecule has 0 bridgehead atoms. The minimum atomic E-state index is 0.00446. The first kappa shape index (κ1) is 15.4. The van der Waals surface area contributed by atoms with Crippen molar-refractivity contribution < 1.29 is 9.53 Å². The van der Waals surface area contributed by atoms with Crippen LogP contribution in [0.4, 0.5) is 0 Å². The number of nitrogens with zero attached hydrogens (tertiary/aromatic N) is 3. The predicted molar refractivity (Wildman–Crippen MR) is 89.9 cm³/mol. The zero-order valence-corrected chi connectivity index (χ0v) is 14.0. The van der Waals surface area contributed by atoms with E-state index in [-0.39, 0.29) is 17.9 Å². The van der Waals surface area contributed by atoms with E-state index in [0.29, 0.717) is 25.6 Å². The summed E-state index contributed by atoms with van der Waals surface area (Å²) >= 11 is 0. The van der Waals surface area contributed by atoms with Crippen molar-refractivity contribution in [1.82, 2.24) is 14.5 Å². The Morgan fingerprint density at radius 3 is 2.83 bits per heavy atom. The first-order valence-electron chi connectivity index (χ1n) is 8.64. The zero-order chi connectivity index (χ0) is 16.5. The molecule has 0 spiro atoms. The van der Waals surface area contributed by atoms with Gasteiger partial charge in [0.1, 0.15) is 0 Å². The Hall–Kier alpha value is -2.14. The van der Waals surface area contributed by atoms with Crippen LogP contribution >= 0.6 is 0 Å². The quantitative estimate of drug-likeness (QED) is 0.867. The van der Waals surface area contributed by atoms with Gasteiger partial charge in [0.25, 0.3) is 0 Å². The Kier molecular flexibility index (Phi) is 4.10. The maximum absolute atomic E-state index is 12.7. The monoisotopic (exact) mass is 325 g/mol. The molecule has 1 saturated carbocycles. The highest BCUT2D eigenvalue weighted by Gasteiger charge is 2.42. The summed E-state index contributed by atoms with van der Waals surface area (Å²) in [6, 6.07) is 8.07. The fourth-order valence-electron chi connectivity index (χ4n) is 3.42. The van der Waals surface area contributed by atoms with Crippen LogP contribution in [0.5, 0.6) is 0 Å². The average molecular weight is 325 g/mol. The summed E-state index contributed by atoms with van der Waals surface area (Å²) in [5.41, 5.74) is 2.29. The second-order valence-corrected chi connectivity index (χ2v) is 6.98. The number of fused-ring (bicyclic) bond motifs is 1. The lowest BCUT2D eigenvalue weighted by Gasteiger charge is -2.24. The molecule has 1 amide bonds. The molecule has 5 heteroatoms. The van der Waals surface area contributed by atoms with E-state index < -0.39 is 0 Å². The lowest BCUT2D eigenvalue weighted by atomic mass is 10.2. The van der Waals surface area contributed by atoms with Crippen molar-refractivity contribution in [2.75, 3.05) is 6.54 Å². The summed E-state index contributed by atoms with van der Waals surface area (Å²) in [4.78, 5) is 18.8. The molecule has 2 aromatic heterocycles. The van der Waals surface area contributed by atoms with Gasteiger partial charge >= 0.3 is 0 Å². The van der Waals surface area contributed by atoms with E-state index in [1.807, 2.05) is 23.1 Å². The Morgan fingerprint density at radius 1 is 1.29 bits per heavy atom. The van der Waals surface area contributed by atoms with Crippen molar-refractivity contribution in [1.29, 1.82) is 0 Å². The topological polar surface area (TPSA) is 47.4 Å². The fraction of sp³-hybridized carbons (Fsp3) is 0.474. The van der Waals surface area contributed by atoms with Gasteiger partial charge in [-0.15, -0.1) is 0 Å². The summed E-state index contributed by atoms with van der Waals surface area (Å²) in [6.45, 7) is 4.84. The van der Waals surface area contributed by atoms with Crippen LogP contribution in [0, 0.1) is 11.8 Å². The second-order valence-electron chi connectivity index (χ2n) is 6.98. The number of hydrogen-bond acceptors (Lipinski definition) is 3. The van der Waals surface area contributed by atoms with Crippen molar-refractivity contribution in [3.8, 4) is 0 Å². The fourth-order valence-corrected chi connectivity index (χ4v) is 3.42. The molecule has 0 saturated heterocycles. The third-order valence-electron chi connectivity index (χ3n) is 5.07. The van der Waals surface area contributed by atoms with Crippen molar-refractivity contribution in [2.24, 2.45) is 11.8 Å². The molecule has 1 aliphatic heterocycles. The number of rotatable bonds is 4. The first-order chi connectivity index (χ1) is 11.7. The Bertz CT molecular complexity index is 712. The molecule has 0 aromatic carbocycles. The molecule has 2 aliphatic rings. The Balaban J connectivity index is 1.48. The number of carbonyl (C=O) groups is 1. The third kappa shape index (κ3) is 3.22. The SMILES string of the molecule is C[C@@H]1C[C@H]1C(=O)N1Cc2cccn2C[C@@H](OCc2ccncc2)C1. The molecule has 0 radical (unpaired) electrons. The molecule has 2 aromatic rings. The Morgan fingerprint density at radius 2 is 2.08 bits per heavy atom. The van der Waals surface area contributed by atoms with E-state index in [9.17, 15) is 4.79 Å². The number of aromatic nitrogens is 2. The minimum absolute atomic E-state index is 0.00446. The van der Waals surface area contributed by atoms with E-state index in [1.54, 1.807) is 12.4 Å². The zero-order valence-electron chi connectivity index (χ0n) is 14.0. The minimum Gasteiger partial charge on any atom is -0.370 e. The van der Waals surface area contributed by atoms with Crippen LogP contribution in [0.15, 0.2) is 42.9 Å². The molecule has 0 unspecified atom stereocenters. The maximum atomic E-state index is 12.7. The van der Waals surface area contributed by atoms with Gasteiger partial charge in [0.15, 0.2) is 0 Å². The van der Waals surface area contributed by atoms with Gasteiger partial charge in [-0.05, 0) is 42.2 Å². The molecular weight excluding hydrogens is 302 g/mol. The number of hydrogen-bond donors (Lipinski definition) is 0. The van der Waals surface area contributed by atoms with Crippen LogP contribution in [-0.4, -0.2) is 33.0 Å². The lowest BCUT2D eigenvalue weighted by molar-refractivity contribution is -0.135. The van der Waals surface area contributed by atoms with Crippen LogP contribution in [0.3, 0.4) is 0 Å². The van der Waals surface area contributed by atoms with Crippen LogP contribution in [0.1, 0.15) is 24.6 Å². The molecule has 0 N–H and O–H groups in total. The van der Waals surface area contributed by atoms with Gasteiger partial charge in [-0.1, -0.05) is 6.92 Å². The highest BCUT2D eigenvalue weighted by atomic mass is 16.5. The van der Waals surface area contributed by atoms with Gasteiger partial charge in [-0.3, -0.25) is 9.78 Å². The van der Waals surface area contributed by atoms with Crippen LogP contribution in [0.25, 0.3) is 0 Å². The predicted octanol–water partition coefficient (Wildman–Crippen LogP) is 2.47. The van der Waals surface area contributed by atoms with Gasteiger partial charge < -0.3 is 14.2 Å². The highest BCUT2D eigenvalue weighted by molar-refractivity contribution is 5.81. The van der Waals surface area contributed by atoms with E-state index >= 15 is 0 Å². The summed E-state index contributed by atoms with van der Waals surface area (Å²) in [5, 5.41) is 0. The normalized spacial score (nSPS) is 25.9. The van der Waals surface area contributed by atoms with Gasteiger partial charge in [0, 0.05) is 36.7 Å². The van der Waals surface area contributed by atoms with Crippen molar-refractivity contribution >= 4 is 5.91 Å². The molecule has 1 fully saturated rings. The smallest absolute Gasteiger partial charge is 0.226 e. The highest BCUT2D eigenvalue weighted by Crippen LogP contribution is 2.39. The summed E-state index contributed by atoms with van der Waals surface area (Å²) in [6.07, 6.45) is 6.66. The molecule has 3 heterocycles. The molecular formula is C19H23N3O2. The van der Waals surface area contributed by atoms with Gasteiger partial charge in [-0.25, -0.2) is 0 Å². The van der Waals surface area contributed by atoms with Crippen molar-refractivity contribution in [3.63, 3.8) is 0 Å². The van der Waals surface area contributed by atoms with Crippen LogP contribution < -0.4 is 0 Å². The van der Waals surface area contributed by atoms with E-state index in [1.165, 1.54) is 5.69 Å². The van der Waals surface area contributed by atoms with Crippen molar-refractivity contribution in [2.45, 2.75) is 39.1 Å². The van der Waals surface area contributed by atoms with Gasteiger partial charge in [-0.2, -0.15) is 0 Å². The van der Waals surface area contributed by atoms with E-state index in [0.717, 1.165) is 18.5 Å². The first-order valence-corrected chi connectivity index (χ1v) is 8.64.